The molecule has 4 rings (SSSR count). The molecule has 0 unspecified atom stereocenters. The summed E-state index contributed by atoms with van der Waals surface area (Å²) in [5, 5.41) is 9.73. The molecule has 3 heterocycles. The number of aromatic amines is 1. The monoisotopic (exact) mass is 279 g/mol. The summed E-state index contributed by atoms with van der Waals surface area (Å²) in [7, 11) is 0. The molecule has 0 fully saturated rings. The van der Waals surface area contributed by atoms with E-state index in [1.165, 1.54) is 0 Å². The van der Waals surface area contributed by atoms with Gasteiger partial charge in [0.25, 0.3) is 5.91 Å². The highest BCUT2D eigenvalue weighted by atomic mass is 16.1. The second-order valence-electron chi connectivity index (χ2n) is 4.94. The van der Waals surface area contributed by atoms with Crippen LogP contribution in [0.1, 0.15) is 15.9 Å². The van der Waals surface area contributed by atoms with Crippen LogP contribution in [-0.4, -0.2) is 32.2 Å². The largest absolute Gasteiger partial charge is 0.352 e. The molecule has 104 valence electrons. The number of nitrogens with zero attached hydrogens (tertiary/aromatic N) is 3. The number of amides is 1. The second kappa shape index (κ2) is 4.59. The summed E-state index contributed by atoms with van der Waals surface area (Å²) in [5.41, 5.74) is 3.57. The molecule has 21 heavy (non-hydrogen) atoms. The highest BCUT2D eigenvalue weighted by Crippen LogP contribution is 2.23. The van der Waals surface area contributed by atoms with Gasteiger partial charge in [0, 0.05) is 36.4 Å². The first-order valence-corrected chi connectivity index (χ1v) is 6.77. The Kier molecular flexibility index (Phi) is 2.60. The first-order chi connectivity index (χ1) is 10.3. The maximum absolute atomic E-state index is 12.0. The standard InChI is InChI=1S/C15H13N5O/c21-15-12-9-11(2-1-10(12)3-5-17-15)20-8-7-16-14(20)13-4-6-18-19-13/h1-2,4,6-9H,3,5H2,(H,17,21)(H,18,19). The maximum Gasteiger partial charge on any atom is 0.251 e. The summed E-state index contributed by atoms with van der Waals surface area (Å²) in [4.78, 5) is 16.3. The summed E-state index contributed by atoms with van der Waals surface area (Å²) in [6, 6.07) is 7.80. The zero-order valence-corrected chi connectivity index (χ0v) is 11.2. The van der Waals surface area contributed by atoms with Crippen LogP contribution in [0.15, 0.2) is 42.9 Å². The molecule has 1 aromatic carbocycles. The molecule has 0 saturated carbocycles. The molecule has 0 aliphatic carbocycles. The number of nitrogens with one attached hydrogen (secondary N) is 2. The zero-order valence-electron chi connectivity index (χ0n) is 11.2. The minimum atomic E-state index is -0.0127. The van der Waals surface area contributed by atoms with Crippen LogP contribution in [0.25, 0.3) is 17.2 Å². The van der Waals surface area contributed by atoms with E-state index in [0.717, 1.165) is 34.8 Å². The van der Waals surface area contributed by atoms with Gasteiger partial charge in [-0.25, -0.2) is 4.98 Å². The Morgan fingerprint density at radius 3 is 3.00 bits per heavy atom. The first-order valence-electron chi connectivity index (χ1n) is 6.77. The number of imidazole rings is 1. The van der Waals surface area contributed by atoms with E-state index in [-0.39, 0.29) is 5.91 Å². The van der Waals surface area contributed by atoms with Crippen LogP contribution in [0.5, 0.6) is 0 Å². The van der Waals surface area contributed by atoms with E-state index in [2.05, 4.69) is 20.5 Å². The summed E-state index contributed by atoms with van der Waals surface area (Å²) < 4.78 is 1.94. The lowest BCUT2D eigenvalue weighted by atomic mass is 10.00. The number of hydrogen-bond acceptors (Lipinski definition) is 3. The summed E-state index contributed by atoms with van der Waals surface area (Å²) in [6.45, 7) is 0.704. The van der Waals surface area contributed by atoms with Gasteiger partial charge >= 0.3 is 0 Å². The number of carbonyl (C=O) groups is 1. The van der Waals surface area contributed by atoms with E-state index in [1.54, 1.807) is 12.4 Å². The molecule has 0 spiro atoms. The molecule has 0 saturated heterocycles. The zero-order chi connectivity index (χ0) is 14.2. The molecular formula is C15H13N5O. The predicted octanol–water partition coefficient (Wildman–Crippen LogP) is 1.55. The lowest BCUT2D eigenvalue weighted by Crippen LogP contribution is -2.31. The van der Waals surface area contributed by atoms with Gasteiger partial charge in [-0.3, -0.25) is 14.5 Å². The molecule has 1 aliphatic rings. The number of H-pyrrole nitrogens is 1. The van der Waals surface area contributed by atoms with E-state index < -0.39 is 0 Å². The molecule has 1 amide bonds. The van der Waals surface area contributed by atoms with Gasteiger partial charge in [0.05, 0.1) is 0 Å². The average Bonchev–Trinajstić information content (AvgIpc) is 3.18. The van der Waals surface area contributed by atoms with Gasteiger partial charge in [0.15, 0.2) is 5.82 Å². The molecular weight excluding hydrogens is 266 g/mol. The quantitative estimate of drug-likeness (QED) is 0.747. The molecule has 2 N–H and O–H groups in total. The number of carbonyl (C=O) groups excluding carboxylic acids is 1. The molecule has 2 aromatic heterocycles. The normalized spacial score (nSPS) is 13.8. The second-order valence-corrected chi connectivity index (χ2v) is 4.94. The van der Waals surface area contributed by atoms with Crippen molar-refractivity contribution in [2.75, 3.05) is 6.54 Å². The smallest absolute Gasteiger partial charge is 0.251 e. The van der Waals surface area contributed by atoms with E-state index in [4.69, 9.17) is 0 Å². The third kappa shape index (κ3) is 1.92. The lowest BCUT2D eigenvalue weighted by molar-refractivity contribution is 0.0946. The minimum Gasteiger partial charge on any atom is -0.352 e. The third-order valence-corrected chi connectivity index (χ3v) is 3.68. The van der Waals surface area contributed by atoms with Crippen molar-refractivity contribution in [2.24, 2.45) is 0 Å². The average molecular weight is 279 g/mol. The van der Waals surface area contributed by atoms with Gasteiger partial charge < -0.3 is 5.32 Å². The number of fused-ring (bicyclic) bond motifs is 1. The van der Waals surface area contributed by atoms with Crippen LogP contribution in [0.3, 0.4) is 0 Å². The van der Waals surface area contributed by atoms with Gasteiger partial charge in [0.1, 0.15) is 5.69 Å². The van der Waals surface area contributed by atoms with Crippen LogP contribution in [-0.2, 0) is 6.42 Å². The van der Waals surface area contributed by atoms with Gasteiger partial charge in [-0.2, -0.15) is 5.10 Å². The summed E-state index contributed by atoms with van der Waals surface area (Å²) in [6.07, 6.45) is 6.17. The Morgan fingerprint density at radius 1 is 1.19 bits per heavy atom. The van der Waals surface area contributed by atoms with Crippen molar-refractivity contribution < 1.29 is 4.79 Å². The molecule has 0 bridgehead atoms. The van der Waals surface area contributed by atoms with E-state index in [9.17, 15) is 4.79 Å². The third-order valence-electron chi connectivity index (χ3n) is 3.68. The Hall–Kier alpha value is -2.89. The first kappa shape index (κ1) is 11.9. The Labute approximate surface area is 120 Å². The van der Waals surface area contributed by atoms with Gasteiger partial charge in [-0.1, -0.05) is 6.07 Å². The van der Waals surface area contributed by atoms with Crippen molar-refractivity contribution in [3.05, 3.63) is 54.0 Å². The van der Waals surface area contributed by atoms with Crippen molar-refractivity contribution in [2.45, 2.75) is 6.42 Å². The molecule has 3 aromatic rings. The van der Waals surface area contributed by atoms with Crippen LogP contribution < -0.4 is 5.32 Å². The number of benzene rings is 1. The number of aromatic nitrogens is 4. The SMILES string of the molecule is O=C1NCCc2ccc(-n3ccnc3-c3ccn[nH]3)cc21. The highest BCUT2D eigenvalue weighted by Gasteiger charge is 2.18. The Bertz CT molecular complexity index is 803. The van der Waals surface area contributed by atoms with Gasteiger partial charge in [-0.15, -0.1) is 0 Å². The predicted molar refractivity (Wildman–Crippen MR) is 77.2 cm³/mol. The van der Waals surface area contributed by atoms with Gasteiger partial charge in [-0.05, 0) is 30.2 Å². The van der Waals surface area contributed by atoms with Crippen molar-refractivity contribution in [3.63, 3.8) is 0 Å². The molecule has 1 aliphatic heterocycles. The topological polar surface area (TPSA) is 75.6 Å². The van der Waals surface area contributed by atoms with Crippen molar-refractivity contribution in [1.82, 2.24) is 25.1 Å². The van der Waals surface area contributed by atoms with Crippen molar-refractivity contribution >= 4 is 5.91 Å². The molecule has 6 nitrogen and oxygen atoms in total. The fraction of sp³-hybridized carbons (Fsp3) is 0.133. The molecule has 0 radical (unpaired) electrons. The number of hydrogen-bond donors (Lipinski definition) is 2. The highest BCUT2D eigenvalue weighted by molar-refractivity contribution is 5.97. The van der Waals surface area contributed by atoms with Crippen LogP contribution in [0, 0.1) is 0 Å². The lowest BCUT2D eigenvalue weighted by Gasteiger charge is -2.17. The Morgan fingerprint density at radius 2 is 2.14 bits per heavy atom. The van der Waals surface area contributed by atoms with E-state index in [1.807, 2.05) is 35.0 Å². The minimum absolute atomic E-state index is 0.0127. The number of rotatable bonds is 2. The van der Waals surface area contributed by atoms with Crippen LogP contribution in [0.4, 0.5) is 0 Å². The van der Waals surface area contributed by atoms with Crippen LogP contribution in [0.2, 0.25) is 0 Å². The fourth-order valence-electron chi connectivity index (χ4n) is 2.64. The molecule has 6 heteroatoms. The van der Waals surface area contributed by atoms with Crippen molar-refractivity contribution in [3.8, 4) is 17.2 Å². The molecule has 0 atom stereocenters. The van der Waals surface area contributed by atoms with E-state index >= 15 is 0 Å². The maximum atomic E-state index is 12.0. The Balaban J connectivity index is 1.83. The van der Waals surface area contributed by atoms with Gasteiger partial charge in [0.2, 0.25) is 0 Å². The van der Waals surface area contributed by atoms with Crippen molar-refractivity contribution in [1.29, 1.82) is 0 Å². The van der Waals surface area contributed by atoms with Crippen LogP contribution >= 0.6 is 0 Å². The van der Waals surface area contributed by atoms with E-state index in [0.29, 0.717) is 6.54 Å². The summed E-state index contributed by atoms with van der Waals surface area (Å²) in [5.74, 6) is 0.755. The fourth-order valence-corrected chi connectivity index (χ4v) is 2.64. The summed E-state index contributed by atoms with van der Waals surface area (Å²) >= 11 is 0.